The van der Waals surface area contributed by atoms with E-state index in [1.807, 2.05) is 51.4 Å². The van der Waals surface area contributed by atoms with Crippen LogP contribution in [0, 0.1) is 0 Å². The Morgan fingerprint density at radius 1 is 0.120 bits per heavy atom. The maximum absolute atomic E-state index is 6.66. The van der Waals surface area contributed by atoms with Gasteiger partial charge in [0, 0.05) is 108 Å². The Bertz CT molecular complexity index is 10400. The van der Waals surface area contributed by atoms with Gasteiger partial charge in [-0.05, 0) is 289 Å². The number of fused-ring (bicyclic) bond motifs is 18. The summed E-state index contributed by atoms with van der Waals surface area (Å²) < 4.78 is 23.7. The maximum Gasteiger partial charge on any atom is 0.143 e. The zero-order chi connectivity index (χ0) is 99.1. The number of thiophene rings is 4. The molecule has 0 unspecified atom stereocenters. The number of rotatable bonds is 15. The van der Waals surface area contributed by atoms with Gasteiger partial charge in [0.1, 0.15) is 22.3 Å². The molecule has 0 aliphatic rings. The van der Waals surface area contributed by atoms with Crippen LogP contribution in [-0.2, 0) is 0 Å². The molecule has 0 aliphatic heterocycles. The lowest BCUT2D eigenvalue weighted by Crippen LogP contribution is -1.93. The first kappa shape index (κ1) is 89.4. The molecule has 6 heteroatoms. The smallest absolute Gasteiger partial charge is 0.143 e. The summed E-state index contributed by atoms with van der Waals surface area (Å²) in [7, 11) is 0. The SMILES string of the molecule is c1ccc(-c2cc(-c3cc(-c4cccc5c4sc4ccccc45)cc4sc5ccccc5c34)cc(-c3ccccc3)c2-c2ccccc2)cc1.c1ccc(-c2cc(-c3ccccc3-c3ccccc3)cc(-c3cc(-c4cccc5c4sc4ccccc45)cc4oc5ccccc5c34)c2)cc1.c1ccc(-c2cccc(-c3cc(-c4ccccc4)cc(-c4cc(-c5cccc6c5oc5ccccc56)cc5sc6ccccc6c45)c3)c2)cc1. The van der Waals surface area contributed by atoms with E-state index in [0.717, 1.165) is 71.7 Å². The predicted molar refractivity (Wildman–Crippen MR) is 647 cm³/mol. The molecule has 702 valence electrons. The van der Waals surface area contributed by atoms with Crippen LogP contribution in [0.4, 0.5) is 0 Å². The number of hydrogen-bond donors (Lipinski definition) is 0. The second kappa shape index (κ2) is 38.3. The molecule has 0 bridgehead atoms. The van der Waals surface area contributed by atoms with Gasteiger partial charge in [0.25, 0.3) is 0 Å². The molecule has 0 aliphatic carbocycles. The van der Waals surface area contributed by atoms with Crippen molar-refractivity contribution in [2.75, 3.05) is 0 Å². The van der Waals surface area contributed by atoms with Crippen LogP contribution >= 0.6 is 45.3 Å². The summed E-state index contributed by atoms with van der Waals surface area (Å²) in [5.74, 6) is 0. The third-order valence-electron chi connectivity index (χ3n) is 29.6. The fourth-order valence-corrected chi connectivity index (χ4v) is 27.5. The molecule has 6 heterocycles. The van der Waals surface area contributed by atoms with Crippen LogP contribution in [0.2, 0.25) is 0 Å². The molecule has 0 N–H and O–H groups in total. The summed E-state index contributed by atoms with van der Waals surface area (Å²) in [6.07, 6.45) is 0. The first-order chi connectivity index (χ1) is 74.3. The summed E-state index contributed by atoms with van der Waals surface area (Å²) >= 11 is 7.52. The summed E-state index contributed by atoms with van der Waals surface area (Å²) in [5.41, 5.74) is 39.8. The van der Waals surface area contributed by atoms with E-state index in [-0.39, 0.29) is 0 Å². The van der Waals surface area contributed by atoms with E-state index in [4.69, 9.17) is 8.83 Å². The van der Waals surface area contributed by atoms with Crippen LogP contribution in [0.1, 0.15) is 0 Å². The van der Waals surface area contributed by atoms with E-state index in [1.54, 1.807) is 0 Å². The lowest BCUT2D eigenvalue weighted by atomic mass is 9.83. The molecule has 30 rings (SSSR count). The largest absolute Gasteiger partial charge is 0.456 e. The summed E-state index contributed by atoms with van der Waals surface area (Å²) in [6, 6.07) is 198. The van der Waals surface area contributed by atoms with Crippen LogP contribution in [-0.4, -0.2) is 0 Å². The summed E-state index contributed by atoms with van der Waals surface area (Å²) in [4.78, 5) is 0. The van der Waals surface area contributed by atoms with Crippen LogP contribution in [0.5, 0.6) is 0 Å². The van der Waals surface area contributed by atoms with E-state index >= 15 is 0 Å². The highest BCUT2D eigenvalue weighted by Crippen LogP contribution is 2.54. The highest BCUT2D eigenvalue weighted by atomic mass is 32.1. The zero-order valence-corrected chi connectivity index (χ0v) is 84.7. The van der Waals surface area contributed by atoms with Crippen molar-refractivity contribution in [1.29, 1.82) is 0 Å². The van der Waals surface area contributed by atoms with Crippen molar-refractivity contribution in [3.8, 4) is 167 Å². The van der Waals surface area contributed by atoms with Crippen LogP contribution in [0.3, 0.4) is 0 Å². The fourth-order valence-electron chi connectivity index (χ4n) is 22.6. The third-order valence-corrected chi connectivity index (χ3v) is 34.3. The summed E-state index contributed by atoms with van der Waals surface area (Å²) in [6.45, 7) is 0. The van der Waals surface area contributed by atoms with Gasteiger partial charge in [0.15, 0.2) is 0 Å². The van der Waals surface area contributed by atoms with Crippen molar-refractivity contribution in [3.05, 3.63) is 546 Å². The van der Waals surface area contributed by atoms with E-state index in [2.05, 4.69) is 540 Å². The number of para-hydroxylation sites is 3. The minimum Gasteiger partial charge on any atom is -0.456 e. The fraction of sp³-hybridized carbons (Fsp3) is 0. The number of benzene rings is 24. The normalized spacial score (nSPS) is 11.6. The molecular formula is C144H90O2S4. The standard InChI is InChI=1S/2C48H30OS.C48H30S2/c1-3-13-31(14-4-1)33-17-11-18-34(25-33)36-26-35(32-15-5-2-6-16-32)27-37(28-36)43-29-38(30-46-47(43)42-20-8-10-24-45(42)50-46)39-21-12-22-41-40-19-7-9-23-44(40)49-48(39)41;1-3-14-31(15-4-1)33-26-34(38-19-8-7-18-37(38)32-16-5-2-6-17-32)28-35(27-33)43-29-36(30-45-47(43)42-21-9-11-24-44(42)49-45)39-22-13-23-41-40-20-10-12-25-46(40)50-48(39)41;1-4-15-31(16-5-1)40-27-34(28-41(32-17-6-2-7-18-32)46(40)33-19-8-3-9-20-33)42-29-35(30-45-47(42)39-22-11-13-26-44(39)49-45)36-23-14-24-38-37-21-10-12-25-43(37)50-48(36)38/h3*1-30H. The topological polar surface area (TPSA) is 26.3 Å². The predicted octanol–water partition coefficient (Wildman–Crippen LogP) is 43.3. The Kier molecular flexibility index (Phi) is 22.8. The highest BCUT2D eigenvalue weighted by molar-refractivity contribution is 7.27. The minimum absolute atomic E-state index is 0.896. The van der Waals surface area contributed by atoms with E-state index in [9.17, 15) is 0 Å². The van der Waals surface area contributed by atoms with Gasteiger partial charge >= 0.3 is 0 Å². The molecule has 0 amide bonds. The zero-order valence-electron chi connectivity index (χ0n) is 81.4. The van der Waals surface area contributed by atoms with Gasteiger partial charge in [-0.2, -0.15) is 0 Å². The van der Waals surface area contributed by atoms with Gasteiger partial charge < -0.3 is 8.83 Å². The van der Waals surface area contributed by atoms with Crippen LogP contribution in [0.25, 0.3) is 291 Å². The van der Waals surface area contributed by atoms with Crippen molar-refractivity contribution < 1.29 is 8.83 Å². The van der Waals surface area contributed by atoms with Gasteiger partial charge in [0.2, 0.25) is 0 Å². The quantitative estimate of drug-likeness (QED) is 0.102. The van der Waals surface area contributed by atoms with Crippen LogP contribution in [0.15, 0.2) is 555 Å². The molecule has 0 atom stereocenters. The highest BCUT2D eigenvalue weighted by Gasteiger charge is 2.27. The van der Waals surface area contributed by atoms with Gasteiger partial charge in [-0.1, -0.05) is 419 Å². The van der Waals surface area contributed by atoms with Crippen molar-refractivity contribution in [2.24, 2.45) is 0 Å². The molecule has 30 aromatic rings. The molecule has 0 spiro atoms. The molecule has 0 radical (unpaired) electrons. The van der Waals surface area contributed by atoms with Crippen molar-refractivity contribution in [2.45, 2.75) is 0 Å². The number of furan rings is 2. The average molecular weight is 1980 g/mol. The minimum atomic E-state index is 0.896. The van der Waals surface area contributed by atoms with E-state index in [1.165, 1.54) is 220 Å². The van der Waals surface area contributed by atoms with Gasteiger partial charge in [-0.3, -0.25) is 0 Å². The molecule has 150 heavy (non-hydrogen) atoms. The second-order valence-electron chi connectivity index (χ2n) is 38.6. The molecular weight excluding hydrogens is 1890 g/mol. The Labute approximate surface area is 884 Å². The molecule has 0 saturated carbocycles. The number of hydrogen-bond acceptors (Lipinski definition) is 6. The Morgan fingerprint density at radius 3 is 0.893 bits per heavy atom. The summed E-state index contributed by atoms with van der Waals surface area (Å²) in [5, 5.41) is 15.0. The Hall–Kier alpha value is -18.2. The Balaban J connectivity index is 0.000000108. The van der Waals surface area contributed by atoms with Crippen molar-refractivity contribution >= 4 is 170 Å². The molecule has 0 fully saturated rings. The molecule has 24 aromatic carbocycles. The van der Waals surface area contributed by atoms with Gasteiger partial charge in [-0.15, -0.1) is 45.3 Å². The van der Waals surface area contributed by atoms with Gasteiger partial charge in [0.05, 0.1) is 0 Å². The first-order valence-electron chi connectivity index (χ1n) is 51.0. The van der Waals surface area contributed by atoms with E-state index in [0.29, 0.717) is 0 Å². The van der Waals surface area contributed by atoms with Gasteiger partial charge in [-0.25, -0.2) is 0 Å². The monoisotopic (exact) mass is 1980 g/mol. The molecule has 2 nitrogen and oxygen atoms in total. The average Bonchev–Trinajstić information content (AvgIpc) is 1.58. The molecule has 0 saturated heterocycles. The van der Waals surface area contributed by atoms with E-state index < -0.39 is 0 Å². The maximum atomic E-state index is 6.66. The first-order valence-corrected chi connectivity index (χ1v) is 54.3. The van der Waals surface area contributed by atoms with Crippen molar-refractivity contribution in [1.82, 2.24) is 0 Å². The third kappa shape index (κ3) is 16.3. The Morgan fingerprint density at radius 2 is 0.400 bits per heavy atom. The second-order valence-corrected chi connectivity index (χ2v) is 42.8. The van der Waals surface area contributed by atoms with Crippen LogP contribution < -0.4 is 0 Å². The lowest BCUT2D eigenvalue weighted by Gasteiger charge is -2.20. The lowest BCUT2D eigenvalue weighted by molar-refractivity contribution is 0.669. The molecule has 6 aromatic heterocycles. The van der Waals surface area contributed by atoms with Crippen molar-refractivity contribution in [3.63, 3.8) is 0 Å².